The molecule has 2 fully saturated rings. The Kier molecular flexibility index (Phi) is 2.18. The third-order valence-electron chi connectivity index (χ3n) is 3.64. The second-order valence-electron chi connectivity index (χ2n) is 4.30. The van der Waals surface area contributed by atoms with Gasteiger partial charge in [-0.3, -0.25) is 4.90 Å². The quantitative estimate of drug-likeness (QED) is 0.365. The van der Waals surface area contributed by atoms with Crippen LogP contribution in [0, 0.1) is 0 Å². The Hall–Kier alpha value is -0.730. The molecule has 4 nitrogen and oxygen atoms in total. The van der Waals surface area contributed by atoms with Gasteiger partial charge in [0.2, 0.25) is 0 Å². The molecule has 0 aromatic heterocycles. The van der Waals surface area contributed by atoms with E-state index in [9.17, 15) is 0 Å². The lowest BCUT2D eigenvalue weighted by atomic mass is 9.94. The molecule has 2 aliphatic heterocycles. The van der Waals surface area contributed by atoms with Crippen molar-refractivity contribution in [1.29, 1.82) is 0 Å². The highest BCUT2D eigenvalue weighted by Crippen LogP contribution is 2.42. The summed E-state index contributed by atoms with van der Waals surface area (Å²) in [5, 5.41) is 3.76. The summed E-state index contributed by atoms with van der Waals surface area (Å²) in [5.74, 6) is 0. The molecule has 0 aliphatic carbocycles. The number of azide groups is 1. The van der Waals surface area contributed by atoms with Crippen LogP contribution in [0.1, 0.15) is 32.6 Å². The van der Waals surface area contributed by atoms with Crippen LogP contribution in [0.3, 0.4) is 0 Å². The Morgan fingerprint density at radius 2 is 2.46 bits per heavy atom. The first-order valence-electron chi connectivity index (χ1n) is 5.06. The van der Waals surface area contributed by atoms with Crippen molar-refractivity contribution in [3.63, 3.8) is 0 Å². The third kappa shape index (κ3) is 1.30. The molecule has 72 valence electrons. The van der Waals surface area contributed by atoms with Crippen molar-refractivity contribution >= 4 is 0 Å². The lowest BCUT2D eigenvalue weighted by molar-refractivity contribution is 0.165. The highest BCUT2D eigenvalue weighted by molar-refractivity contribution is 5.04. The third-order valence-corrected chi connectivity index (χ3v) is 3.64. The van der Waals surface area contributed by atoms with Gasteiger partial charge in [0.1, 0.15) is 0 Å². The number of hydrogen-bond acceptors (Lipinski definition) is 2. The Morgan fingerprint density at radius 3 is 3.23 bits per heavy atom. The van der Waals surface area contributed by atoms with Crippen LogP contribution in [-0.4, -0.2) is 29.6 Å². The first kappa shape index (κ1) is 8.85. The highest BCUT2D eigenvalue weighted by atomic mass is 15.3. The van der Waals surface area contributed by atoms with Gasteiger partial charge in [-0.05, 0) is 44.7 Å². The van der Waals surface area contributed by atoms with E-state index in [1.54, 1.807) is 0 Å². The van der Waals surface area contributed by atoms with Gasteiger partial charge in [-0.1, -0.05) is 5.11 Å². The molecule has 0 amide bonds. The number of fused-ring (bicyclic) bond motifs is 1. The molecule has 0 radical (unpaired) electrons. The van der Waals surface area contributed by atoms with Crippen LogP contribution < -0.4 is 0 Å². The van der Waals surface area contributed by atoms with Gasteiger partial charge in [0.25, 0.3) is 0 Å². The van der Waals surface area contributed by atoms with Crippen LogP contribution in [0.5, 0.6) is 0 Å². The topological polar surface area (TPSA) is 52.0 Å². The van der Waals surface area contributed by atoms with Gasteiger partial charge in [-0.25, -0.2) is 0 Å². The van der Waals surface area contributed by atoms with E-state index in [-0.39, 0.29) is 5.54 Å². The molecule has 0 aromatic carbocycles. The molecule has 0 aromatic rings. The fourth-order valence-electron chi connectivity index (χ4n) is 2.96. The predicted octanol–water partition coefficient (Wildman–Crippen LogP) is 2.31. The normalized spacial score (nSPS) is 38.7. The Balaban J connectivity index is 2.15. The molecule has 2 saturated heterocycles. The van der Waals surface area contributed by atoms with E-state index in [2.05, 4.69) is 21.8 Å². The molecule has 2 rings (SSSR count). The van der Waals surface area contributed by atoms with E-state index in [0.717, 1.165) is 0 Å². The minimum atomic E-state index is 0.242. The van der Waals surface area contributed by atoms with Crippen molar-refractivity contribution in [2.24, 2.45) is 5.11 Å². The molecule has 0 unspecified atom stereocenters. The summed E-state index contributed by atoms with van der Waals surface area (Å²) in [5.41, 5.74) is 8.59. The Bertz CT molecular complexity index is 246. The summed E-state index contributed by atoms with van der Waals surface area (Å²) < 4.78 is 0. The maximum absolute atomic E-state index is 8.35. The van der Waals surface area contributed by atoms with E-state index >= 15 is 0 Å². The lowest BCUT2D eigenvalue weighted by Crippen LogP contribution is -2.43. The van der Waals surface area contributed by atoms with Crippen LogP contribution in [0.2, 0.25) is 0 Å². The second kappa shape index (κ2) is 3.20. The van der Waals surface area contributed by atoms with Gasteiger partial charge >= 0.3 is 0 Å². The Morgan fingerprint density at radius 1 is 1.62 bits per heavy atom. The first-order valence-corrected chi connectivity index (χ1v) is 5.06. The van der Waals surface area contributed by atoms with Gasteiger partial charge in [0.05, 0.1) is 0 Å². The highest BCUT2D eigenvalue weighted by Gasteiger charge is 2.46. The maximum Gasteiger partial charge on any atom is 0.0443 e. The summed E-state index contributed by atoms with van der Waals surface area (Å²) in [6.07, 6.45) is 4.97. The summed E-state index contributed by atoms with van der Waals surface area (Å²) in [6.45, 7) is 4.15. The van der Waals surface area contributed by atoms with Crippen LogP contribution in [0.4, 0.5) is 0 Å². The fourth-order valence-corrected chi connectivity index (χ4v) is 2.96. The molecular weight excluding hydrogens is 164 g/mol. The monoisotopic (exact) mass is 180 g/mol. The van der Waals surface area contributed by atoms with Gasteiger partial charge in [-0.2, -0.15) is 0 Å². The Labute approximate surface area is 78.5 Å². The minimum Gasteiger partial charge on any atom is -0.295 e. The van der Waals surface area contributed by atoms with Crippen LogP contribution in [-0.2, 0) is 0 Å². The average molecular weight is 180 g/mol. The van der Waals surface area contributed by atoms with E-state index < -0.39 is 0 Å². The SMILES string of the molecule is C[C@@H]1CC[C@@]2(CN=[N+]=[N-])CCCN12. The van der Waals surface area contributed by atoms with Crippen LogP contribution in [0.15, 0.2) is 5.11 Å². The minimum absolute atomic E-state index is 0.242. The summed E-state index contributed by atoms with van der Waals surface area (Å²) in [4.78, 5) is 5.42. The van der Waals surface area contributed by atoms with Crippen molar-refractivity contribution in [3.8, 4) is 0 Å². The van der Waals surface area contributed by atoms with Crippen molar-refractivity contribution in [1.82, 2.24) is 4.90 Å². The smallest absolute Gasteiger partial charge is 0.0443 e. The van der Waals surface area contributed by atoms with Crippen molar-refractivity contribution in [3.05, 3.63) is 10.4 Å². The zero-order valence-electron chi connectivity index (χ0n) is 8.11. The number of hydrogen-bond donors (Lipinski definition) is 0. The van der Waals surface area contributed by atoms with Crippen molar-refractivity contribution in [2.45, 2.75) is 44.2 Å². The van der Waals surface area contributed by atoms with Gasteiger partial charge in [0, 0.05) is 23.0 Å². The lowest BCUT2D eigenvalue weighted by Gasteiger charge is -2.32. The fraction of sp³-hybridized carbons (Fsp3) is 1.00. The standard InChI is InChI=1S/C9H16N4/c1-8-3-5-9(7-11-12-10)4-2-6-13(8)9/h8H,2-7H2,1H3/t8-,9-/m1/s1. The van der Waals surface area contributed by atoms with E-state index in [0.29, 0.717) is 12.6 Å². The van der Waals surface area contributed by atoms with Crippen LogP contribution in [0.25, 0.3) is 10.4 Å². The average Bonchev–Trinajstić information content (AvgIpc) is 2.65. The molecule has 0 spiro atoms. The summed E-state index contributed by atoms with van der Waals surface area (Å²) in [7, 11) is 0. The van der Waals surface area contributed by atoms with E-state index in [1.807, 2.05) is 0 Å². The molecule has 0 saturated carbocycles. The number of nitrogens with zero attached hydrogens (tertiary/aromatic N) is 4. The summed E-state index contributed by atoms with van der Waals surface area (Å²) >= 11 is 0. The number of rotatable bonds is 2. The van der Waals surface area contributed by atoms with Gasteiger partial charge in [0.15, 0.2) is 0 Å². The second-order valence-corrected chi connectivity index (χ2v) is 4.30. The predicted molar refractivity (Wildman–Crippen MR) is 51.4 cm³/mol. The zero-order chi connectivity index (χ0) is 9.31. The molecule has 0 bridgehead atoms. The van der Waals surface area contributed by atoms with Crippen molar-refractivity contribution < 1.29 is 0 Å². The maximum atomic E-state index is 8.35. The largest absolute Gasteiger partial charge is 0.295 e. The molecule has 2 atom stereocenters. The molecule has 13 heavy (non-hydrogen) atoms. The molecule has 0 N–H and O–H groups in total. The summed E-state index contributed by atoms with van der Waals surface area (Å²) in [6, 6.07) is 0.691. The van der Waals surface area contributed by atoms with Gasteiger partial charge < -0.3 is 0 Å². The zero-order valence-corrected chi connectivity index (χ0v) is 8.11. The van der Waals surface area contributed by atoms with E-state index in [4.69, 9.17) is 5.53 Å². The molecule has 4 heteroatoms. The molecular formula is C9H16N4. The first-order chi connectivity index (χ1) is 6.28. The molecule has 2 aliphatic rings. The van der Waals surface area contributed by atoms with Crippen molar-refractivity contribution in [2.75, 3.05) is 13.1 Å². The van der Waals surface area contributed by atoms with Gasteiger partial charge in [-0.15, -0.1) is 0 Å². The van der Waals surface area contributed by atoms with Crippen LogP contribution >= 0.6 is 0 Å². The molecule has 2 heterocycles. The van der Waals surface area contributed by atoms with E-state index in [1.165, 1.54) is 32.2 Å².